The van der Waals surface area contributed by atoms with Crippen LogP contribution in [0.15, 0.2) is 12.2 Å². The molecule has 0 N–H and O–H groups in total. The van der Waals surface area contributed by atoms with Crippen molar-refractivity contribution in [3.8, 4) is 0 Å². The molecule has 1 heterocycles. The van der Waals surface area contributed by atoms with E-state index < -0.39 is 17.6 Å². The molecule has 0 saturated carbocycles. The lowest BCUT2D eigenvalue weighted by atomic mass is 10.3. The van der Waals surface area contributed by atoms with Crippen LogP contribution in [0.1, 0.15) is 0 Å². The topological polar surface area (TPSA) is 9.23 Å². The fraction of sp³-hybridized carbons (Fsp3) is 0.600. The van der Waals surface area contributed by atoms with Crippen LogP contribution in [0.4, 0.5) is 17.6 Å². The Kier molecular flexibility index (Phi) is 1.88. The van der Waals surface area contributed by atoms with Crippen LogP contribution in [-0.2, 0) is 4.74 Å². The number of halogens is 5. The van der Waals surface area contributed by atoms with Crippen molar-refractivity contribution in [3.05, 3.63) is 12.2 Å². The first-order chi connectivity index (χ1) is 4.86. The minimum Gasteiger partial charge on any atom is -0.271 e. The van der Waals surface area contributed by atoms with Crippen molar-refractivity contribution in [1.82, 2.24) is 0 Å². The van der Waals surface area contributed by atoms with E-state index >= 15 is 0 Å². The molecule has 0 fully saturated rings. The van der Waals surface area contributed by atoms with Crippen molar-refractivity contribution in [2.45, 2.75) is 17.6 Å². The van der Waals surface area contributed by atoms with Gasteiger partial charge in [-0.2, -0.15) is 8.78 Å². The zero-order valence-corrected chi connectivity index (χ0v) is 5.79. The summed E-state index contributed by atoms with van der Waals surface area (Å²) < 4.78 is 52.1. The van der Waals surface area contributed by atoms with Crippen LogP contribution < -0.4 is 0 Å². The summed E-state index contributed by atoms with van der Waals surface area (Å²) in [6, 6.07) is 0. The first kappa shape index (κ1) is 8.80. The zero-order valence-electron chi connectivity index (χ0n) is 5.03. The van der Waals surface area contributed by atoms with Gasteiger partial charge in [0, 0.05) is 6.08 Å². The van der Waals surface area contributed by atoms with Crippen molar-refractivity contribution in [2.24, 2.45) is 0 Å². The SMILES string of the molecule is F[C@H](Cl)[C@@]1(F)C=CC(F)(F)O1. The molecule has 0 radical (unpaired) electrons. The second-order valence-corrected chi connectivity index (χ2v) is 2.38. The van der Waals surface area contributed by atoms with Gasteiger partial charge in [0.05, 0.1) is 0 Å². The minimum atomic E-state index is -3.77. The van der Waals surface area contributed by atoms with Crippen LogP contribution in [-0.4, -0.2) is 17.6 Å². The van der Waals surface area contributed by atoms with Crippen molar-refractivity contribution >= 4 is 11.6 Å². The Morgan fingerprint density at radius 3 is 2.00 bits per heavy atom. The Morgan fingerprint density at radius 2 is 1.82 bits per heavy atom. The third-order valence-corrected chi connectivity index (χ3v) is 1.39. The predicted octanol–water partition coefficient (Wildman–Crippen LogP) is 2.37. The van der Waals surface area contributed by atoms with E-state index in [0.717, 1.165) is 0 Å². The van der Waals surface area contributed by atoms with Gasteiger partial charge in [-0.3, -0.25) is 4.74 Å². The average molecular weight is 191 g/mol. The lowest BCUT2D eigenvalue weighted by Crippen LogP contribution is -2.33. The molecule has 1 rings (SSSR count). The summed E-state index contributed by atoms with van der Waals surface area (Å²) in [6.45, 7) is 0. The molecule has 0 aliphatic carbocycles. The second kappa shape index (κ2) is 2.35. The van der Waals surface area contributed by atoms with E-state index in [-0.39, 0.29) is 12.2 Å². The first-order valence-electron chi connectivity index (χ1n) is 2.61. The molecule has 1 aliphatic heterocycles. The Labute approximate surface area is 64.6 Å². The molecule has 0 aromatic heterocycles. The maximum Gasteiger partial charge on any atom is 0.379 e. The first-order valence-corrected chi connectivity index (χ1v) is 3.05. The highest BCUT2D eigenvalue weighted by atomic mass is 35.5. The van der Waals surface area contributed by atoms with E-state index in [2.05, 4.69) is 16.3 Å². The minimum absolute atomic E-state index is 0.113. The molecule has 0 aromatic carbocycles. The quantitative estimate of drug-likeness (QED) is 0.350. The number of hydrogen-bond donors (Lipinski definition) is 0. The van der Waals surface area contributed by atoms with Crippen LogP contribution in [0.25, 0.3) is 0 Å². The average Bonchev–Trinajstić information content (AvgIpc) is 2.08. The van der Waals surface area contributed by atoms with Gasteiger partial charge < -0.3 is 0 Å². The summed E-state index contributed by atoms with van der Waals surface area (Å²) in [5, 5.41) is 0. The van der Waals surface area contributed by atoms with E-state index in [0.29, 0.717) is 0 Å². The lowest BCUT2D eigenvalue weighted by Gasteiger charge is -2.19. The van der Waals surface area contributed by atoms with Gasteiger partial charge in [0.1, 0.15) is 0 Å². The Hall–Kier alpha value is -0.290. The van der Waals surface area contributed by atoms with E-state index in [4.69, 9.17) is 0 Å². The second-order valence-electron chi connectivity index (χ2n) is 2.00. The number of ether oxygens (including phenoxy) is 1. The Bertz CT molecular complexity index is 193. The largest absolute Gasteiger partial charge is 0.379 e. The smallest absolute Gasteiger partial charge is 0.271 e. The molecule has 0 spiro atoms. The molecule has 6 heteroatoms. The van der Waals surface area contributed by atoms with Crippen molar-refractivity contribution < 1.29 is 22.3 Å². The molecule has 1 nitrogen and oxygen atoms in total. The Morgan fingerprint density at radius 1 is 1.27 bits per heavy atom. The predicted molar refractivity (Wildman–Crippen MR) is 29.8 cm³/mol. The van der Waals surface area contributed by atoms with Gasteiger partial charge in [-0.15, -0.1) is 0 Å². The van der Waals surface area contributed by atoms with Gasteiger partial charge in [0.2, 0.25) is 5.63 Å². The van der Waals surface area contributed by atoms with Crippen LogP contribution in [0, 0.1) is 0 Å². The van der Waals surface area contributed by atoms with Crippen LogP contribution >= 0.6 is 11.6 Å². The van der Waals surface area contributed by atoms with Crippen LogP contribution in [0.3, 0.4) is 0 Å². The molecule has 2 atom stereocenters. The monoisotopic (exact) mass is 190 g/mol. The van der Waals surface area contributed by atoms with Crippen molar-refractivity contribution in [2.75, 3.05) is 0 Å². The Balaban J connectivity index is 2.76. The number of alkyl halides is 5. The van der Waals surface area contributed by atoms with Gasteiger partial charge in [-0.1, -0.05) is 11.6 Å². The zero-order chi connectivity index (χ0) is 8.70. The van der Waals surface area contributed by atoms with E-state index in [1.807, 2.05) is 0 Å². The molecular weight excluding hydrogens is 187 g/mol. The summed E-state index contributed by atoms with van der Waals surface area (Å²) in [5.41, 5.74) is -2.63. The van der Waals surface area contributed by atoms with E-state index in [1.165, 1.54) is 0 Å². The van der Waals surface area contributed by atoms with Crippen LogP contribution in [0.5, 0.6) is 0 Å². The summed E-state index contributed by atoms with van der Waals surface area (Å²) in [6.07, 6.45) is -3.40. The summed E-state index contributed by atoms with van der Waals surface area (Å²) in [7, 11) is 0. The summed E-state index contributed by atoms with van der Waals surface area (Å²) in [4.78, 5) is 0. The summed E-state index contributed by atoms with van der Waals surface area (Å²) in [5.74, 6) is -3.20. The van der Waals surface area contributed by atoms with Gasteiger partial charge in [0.25, 0.3) is 5.85 Å². The highest BCUT2D eigenvalue weighted by Gasteiger charge is 2.51. The molecule has 1 aliphatic rings. The normalized spacial score (nSPS) is 37.5. The maximum absolute atomic E-state index is 12.6. The summed E-state index contributed by atoms with van der Waals surface area (Å²) >= 11 is 4.60. The molecule has 0 bridgehead atoms. The van der Waals surface area contributed by atoms with Crippen LogP contribution in [0.2, 0.25) is 0 Å². The third-order valence-electron chi connectivity index (χ3n) is 1.09. The van der Waals surface area contributed by atoms with Gasteiger partial charge in [0.15, 0.2) is 0 Å². The highest BCUT2D eigenvalue weighted by molar-refractivity contribution is 6.20. The van der Waals surface area contributed by atoms with Gasteiger partial charge in [-0.05, 0) is 6.08 Å². The number of rotatable bonds is 1. The molecule has 0 saturated heterocycles. The molecule has 0 aromatic rings. The van der Waals surface area contributed by atoms with Gasteiger partial charge >= 0.3 is 6.11 Å². The van der Waals surface area contributed by atoms with E-state index in [9.17, 15) is 17.6 Å². The molecule has 0 amide bonds. The van der Waals surface area contributed by atoms with E-state index in [1.54, 1.807) is 0 Å². The maximum atomic E-state index is 12.6. The fourth-order valence-electron chi connectivity index (χ4n) is 0.605. The van der Waals surface area contributed by atoms with Crippen molar-refractivity contribution in [1.29, 1.82) is 0 Å². The van der Waals surface area contributed by atoms with Gasteiger partial charge in [-0.25, -0.2) is 8.78 Å². The fourth-order valence-corrected chi connectivity index (χ4v) is 0.722. The molecule has 11 heavy (non-hydrogen) atoms. The van der Waals surface area contributed by atoms with Crippen molar-refractivity contribution in [3.63, 3.8) is 0 Å². The molecule has 64 valence electrons. The standard InChI is InChI=1S/C5H3ClF4O/c6-3(7)4(8)1-2-5(9,10)11-4/h1-3H/t3-,4+/m0/s1. The molecule has 0 unspecified atom stereocenters. The lowest BCUT2D eigenvalue weighted by molar-refractivity contribution is -0.279. The third kappa shape index (κ3) is 1.65. The highest BCUT2D eigenvalue weighted by Crippen LogP contribution is 2.39. The number of hydrogen-bond acceptors (Lipinski definition) is 1. The molecular formula is C5H3ClF4O.